The summed E-state index contributed by atoms with van der Waals surface area (Å²) >= 11 is 0. The highest BCUT2D eigenvalue weighted by Crippen LogP contribution is 2.42. The number of carbonyl (C=O) groups is 3. The third-order valence-corrected chi connectivity index (χ3v) is 6.21. The van der Waals surface area contributed by atoms with E-state index in [1.807, 2.05) is 6.07 Å². The van der Waals surface area contributed by atoms with Crippen LogP contribution >= 0.6 is 0 Å². The Balaban J connectivity index is 0.000000247. The number of nitro benzene ring substituents is 1. The van der Waals surface area contributed by atoms with Crippen molar-refractivity contribution in [3.63, 3.8) is 0 Å². The number of hydrogen-bond acceptors (Lipinski definition) is 11. The van der Waals surface area contributed by atoms with E-state index in [-0.39, 0.29) is 33.7 Å². The van der Waals surface area contributed by atoms with Gasteiger partial charge in [-0.05, 0) is 38.1 Å². The lowest BCUT2D eigenvalue weighted by atomic mass is 9.79. The van der Waals surface area contributed by atoms with E-state index in [0.717, 1.165) is 0 Å². The van der Waals surface area contributed by atoms with E-state index in [2.05, 4.69) is 5.32 Å². The van der Waals surface area contributed by atoms with Gasteiger partial charge in [0.05, 0.1) is 36.2 Å². The maximum atomic E-state index is 12.3. The van der Waals surface area contributed by atoms with Gasteiger partial charge in [0, 0.05) is 34.8 Å². The highest BCUT2D eigenvalue weighted by atomic mass is 16.6. The second kappa shape index (κ2) is 13.6. The molecule has 218 valence electrons. The Bertz CT molecular complexity index is 1540. The number of phenols is 1. The molecule has 4 rings (SSSR count). The number of anilines is 1. The fraction of sp³-hybridized carbons (Fsp3) is 0.167. The maximum Gasteiger partial charge on any atom is 0.347 e. The quantitative estimate of drug-likeness (QED) is 0.125. The molecule has 42 heavy (non-hydrogen) atoms. The smallest absolute Gasteiger partial charge is 0.347 e. The zero-order chi connectivity index (χ0) is 31.0. The van der Waals surface area contributed by atoms with Crippen LogP contribution in [-0.2, 0) is 19.1 Å². The van der Waals surface area contributed by atoms with Crippen LogP contribution in [0.1, 0.15) is 35.7 Å². The second-order valence-electron chi connectivity index (χ2n) is 8.91. The number of nitrogens with zero attached hydrogens (tertiary/aromatic N) is 1. The Kier molecular flexibility index (Phi) is 10.0. The monoisotopic (exact) mass is 575 g/mol. The van der Waals surface area contributed by atoms with Gasteiger partial charge in [-0.1, -0.05) is 36.4 Å². The molecule has 0 spiro atoms. The van der Waals surface area contributed by atoms with Crippen molar-refractivity contribution in [3.8, 4) is 11.5 Å². The van der Waals surface area contributed by atoms with Gasteiger partial charge in [-0.3, -0.25) is 10.1 Å². The van der Waals surface area contributed by atoms with Crippen LogP contribution in [0.25, 0.3) is 0 Å². The van der Waals surface area contributed by atoms with Crippen molar-refractivity contribution in [1.82, 2.24) is 5.32 Å². The van der Waals surface area contributed by atoms with Gasteiger partial charge in [0.2, 0.25) is 0 Å². The van der Waals surface area contributed by atoms with E-state index in [1.54, 1.807) is 44.2 Å². The topological polar surface area (TPSA) is 180 Å². The molecule has 0 atom stereocenters. The van der Waals surface area contributed by atoms with Crippen molar-refractivity contribution in [1.29, 1.82) is 0 Å². The summed E-state index contributed by atoms with van der Waals surface area (Å²) in [6.07, 6.45) is 0. The molecule has 0 radical (unpaired) electrons. The Hall–Kier alpha value is -5.65. The molecule has 0 fully saturated rings. The number of aromatic hydroxyl groups is 1. The first kappa shape index (κ1) is 30.9. The zero-order valence-electron chi connectivity index (χ0n) is 23.2. The standard InChI is InChI=1S/C17H18N2O6.C13H11NO3/c1-9-13(16(20)24-3)15(14(10(2)18-9)17(21)25-4)11-7-5-6-8-12(11)19(22)23;14-9-6-7-11(12(15)8-9)13(16)17-10-4-2-1-3-5-10/h5-8,15,18H,1-4H3;1-8,15H,14H2. The number of benzene rings is 3. The molecule has 0 aliphatic carbocycles. The number of nitro groups is 1. The molecule has 0 saturated carbocycles. The molecule has 0 bridgehead atoms. The molecule has 1 aliphatic heterocycles. The number of para-hydroxylation sites is 2. The number of nitrogen functional groups attached to an aromatic ring is 1. The average Bonchev–Trinajstić information content (AvgIpc) is 2.96. The summed E-state index contributed by atoms with van der Waals surface area (Å²) in [5, 5.41) is 23.9. The highest BCUT2D eigenvalue weighted by molar-refractivity contribution is 6.00. The number of methoxy groups -OCH3 is 2. The minimum atomic E-state index is -0.970. The molecule has 4 N–H and O–H groups in total. The Morgan fingerprint density at radius 3 is 1.93 bits per heavy atom. The van der Waals surface area contributed by atoms with Gasteiger partial charge >= 0.3 is 17.9 Å². The molecule has 12 heteroatoms. The van der Waals surface area contributed by atoms with Gasteiger partial charge in [-0.25, -0.2) is 14.4 Å². The summed E-state index contributed by atoms with van der Waals surface area (Å²) in [7, 11) is 2.42. The van der Waals surface area contributed by atoms with E-state index < -0.39 is 28.7 Å². The fourth-order valence-corrected chi connectivity index (χ4v) is 4.34. The van der Waals surface area contributed by atoms with Crippen molar-refractivity contribution in [3.05, 3.63) is 117 Å². The van der Waals surface area contributed by atoms with E-state index >= 15 is 0 Å². The van der Waals surface area contributed by atoms with E-state index in [1.165, 1.54) is 50.6 Å². The number of nitrogens with one attached hydrogen (secondary N) is 1. The summed E-state index contributed by atoms with van der Waals surface area (Å²) in [5.74, 6) is -2.71. The van der Waals surface area contributed by atoms with Gasteiger partial charge in [-0.2, -0.15) is 0 Å². The SMILES string of the molecule is COC(=O)C1=C(C)NC(C)=C(C(=O)OC)C1c1ccccc1[N+](=O)[O-].Nc1ccc(C(=O)Oc2ccccc2)c(O)c1. The number of carbonyl (C=O) groups excluding carboxylic acids is 3. The van der Waals surface area contributed by atoms with Gasteiger partial charge < -0.3 is 30.4 Å². The number of dihydropyridines is 1. The number of rotatable bonds is 6. The van der Waals surface area contributed by atoms with Crippen molar-refractivity contribution in [2.75, 3.05) is 20.0 Å². The first-order valence-corrected chi connectivity index (χ1v) is 12.4. The van der Waals surface area contributed by atoms with E-state index in [4.69, 9.17) is 19.9 Å². The van der Waals surface area contributed by atoms with Crippen molar-refractivity contribution < 1.29 is 38.6 Å². The predicted octanol–water partition coefficient (Wildman–Crippen LogP) is 4.37. The van der Waals surface area contributed by atoms with E-state index in [9.17, 15) is 29.6 Å². The van der Waals surface area contributed by atoms with Gasteiger partial charge in [0.25, 0.3) is 5.69 Å². The Labute approximate surface area is 241 Å². The first-order valence-electron chi connectivity index (χ1n) is 12.4. The number of ether oxygens (including phenoxy) is 3. The largest absolute Gasteiger partial charge is 0.507 e. The molecule has 12 nitrogen and oxygen atoms in total. The lowest BCUT2D eigenvalue weighted by Gasteiger charge is -2.29. The second-order valence-corrected chi connectivity index (χ2v) is 8.91. The third kappa shape index (κ3) is 6.91. The van der Waals surface area contributed by atoms with E-state index in [0.29, 0.717) is 22.8 Å². The van der Waals surface area contributed by atoms with Gasteiger partial charge in [0.15, 0.2) is 0 Å². The number of esters is 3. The highest BCUT2D eigenvalue weighted by Gasteiger charge is 2.40. The molecule has 3 aromatic rings. The molecular formula is C30H29N3O9. The average molecular weight is 576 g/mol. The van der Waals surface area contributed by atoms with Gasteiger partial charge in [-0.15, -0.1) is 0 Å². The van der Waals surface area contributed by atoms with Crippen LogP contribution in [-0.4, -0.2) is 42.2 Å². The normalized spacial score (nSPS) is 12.9. The van der Waals surface area contributed by atoms with Crippen molar-refractivity contribution in [2.45, 2.75) is 19.8 Å². The van der Waals surface area contributed by atoms with Gasteiger partial charge in [0.1, 0.15) is 17.1 Å². The Morgan fingerprint density at radius 1 is 0.857 bits per heavy atom. The van der Waals surface area contributed by atoms with Crippen molar-refractivity contribution >= 4 is 29.3 Å². The minimum absolute atomic E-state index is 0.0862. The molecule has 0 amide bonds. The molecule has 1 aliphatic rings. The summed E-state index contributed by atoms with van der Waals surface area (Å²) in [4.78, 5) is 47.3. The summed E-state index contributed by atoms with van der Waals surface area (Å²) in [6, 6.07) is 18.9. The maximum absolute atomic E-state index is 12.3. The molecule has 0 unspecified atom stereocenters. The van der Waals surface area contributed by atoms with Crippen LogP contribution in [0.3, 0.4) is 0 Å². The Morgan fingerprint density at radius 2 is 1.40 bits per heavy atom. The number of phenolic OH excluding ortho intramolecular Hbond substituents is 1. The minimum Gasteiger partial charge on any atom is -0.507 e. The first-order chi connectivity index (χ1) is 20.0. The van der Waals surface area contributed by atoms with Crippen LogP contribution in [0.4, 0.5) is 11.4 Å². The number of nitrogens with two attached hydrogens (primary N) is 1. The summed E-state index contributed by atoms with van der Waals surface area (Å²) in [6.45, 7) is 3.29. The van der Waals surface area contributed by atoms with Crippen LogP contribution in [0.2, 0.25) is 0 Å². The summed E-state index contributed by atoms with van der Waals surface area (Å²) in [5.41, 5.74) is 7.13. The van der Waals surface area contributed by atoms with Crippen molar-refractivity contribution in [2.24, 2.45) is 0 Å². The predicted molar refractivity (Wildman–Crippen MR) is 152 cm³/mol. The van der Waals surface area contributed by atoms with Crippen LogP contribution in [0.5, 0.6) is 11.5 Å². The van der Waals surface area contributed by atoms with Crippen LogP contribution in [0, 0.1) is 10.1 Å². The lowest BCUT2D eigenvalue weighted by molar-refractivity contribution is -0.385. The molecule has 0 saturated heterocycles. The lowest BCUT2D eigenvalue weighted by Crippen LogP contribution is -2.32. The number of allylic oxidation sites excluding steroid dienone is 2. The molecule has 1 heterocycles. The molecule has 0 aromatic heterocycles. The molecular weight excluding hydrogens is 546 g/mol. The summed E-state index contributed by atoms with van der Waals surface area (Å²) < 4.78 is 14.7. The zero-order valence-corrected chi connectivity index (χ0v) is 23.2. The third-order valence-electron chi connectivity index (χ3n) is 6.21. The van der Waals surface area contributed by atoms with Crippen LogP contribution < -0.4 is 15.8 Å². The van der Waals surface area contributed by atoms with Crippen LogP contribution in [0.15, 0.2) is 95.3 Å². The molecule has 3 aromatic carbocycles. The fourth-order valence-electron chi connectivity index (χ4n) is 4.34. The number of hydrogen-bond donors (Lipinski definition) is 3.